The minimum Gasteiger partial charge on any atom is -0.508 e. The first-order valence-electron chi connectivity index (χ1n) is 10.3. The smallest absolute Gasteiger partial charge is 0.229 e. The number of phenols is 1. The number of carbonyl (C=O) groups excluding carboxylic acids is 1. The number of benzene rings is 2. The van der Waals surface area contributed by atoms with E-state index in [1.165, 1.54) is 25.7 Å². The van der Waals surface area contributed by atoms with Crippen LogP contribution in [0.4, 0.5) is 5.82 Å². The monoisotopic (exact) mass is 465 g/mol. The molecule has 1 aliphatic carbocycles. The lowest BCUT2D eigenvalue weighted by Crippen LogP contribution is -2.18. The van der Waals surface area contributed by atoms with Crippen molar-refractivity contribution in [3.05, 3.63) is 70.5 Å². The summed E-state index contributed by atoms with van der Waals surface area (Å²) in [4.78, 5) is 22.0. The summed E-state index contributed by atoms with van der Waals surface area (Å²) in [6.45, 7) is 0. The second kappa shape index (κ2) is 9.39. The van der Waals surface area contributed by atoms with Gasteiger partial charge in [0.05, 0.1) is 24.0 Å². The topological polar surface area (TPSA) is 75.1 Å². The zero-order valence-electron chi connectivity index (χ0n) is 16.6. The van der Waals surface area contributed by atoms with Crippen LogP contribution in [-0.4, -0.2) is 21.0 Å². The lowest BCUT2D eigenvalue weighted by Gasteiger charge is -2.14. The van der Waals surface area contributed by atoms with Gasteiger partial charge < -0.3 is 10.4 Å². The van der Waals surface area contributed by atoms with E-state index in [2.05, 4.69) is 26.2 Å². The zero-order valence-corrected chi connectivity index (χ0v) is 18.2. The molecule has 1 heterocycles. The largest absolute Gasteiger partial charge is 0.508 e. The van der Waals surface area contributed by atoms with E-state index in [4.69, 9.17) is 4.98 Å². The maximum atomic E-state index is 12.6. The minimum absolute atomic E-state index is 0.100. The molecule has 2 aromatic carbocycles. The predicted octanol–water partition coefficient (Wildman–Crippen LogP) is 5.53. The van der Waals surface area contributed by atoms with Gasteiger partial charge in [-0.3, -0.25) is 4.79 Å². The Kier molecular flexibility index (Phi) is 6.43. The van der Waals surface area contributed by atoms with E-state index >= 15 is 0 Å². The molecule has 0 saturated heterocycles. The average Bonchev–Trinajstić information content (AvgIpc) is 3.25. The lowest BCUT2D eigenvalue weighted by atomic mass is 10.0. The maximum absolute atomic E-state index is 12.6. The Morgan fingerprint density at radius 2 is 1.77 bits per heavy atom. The molecule has 0 bridgehead atoms. The molecule has 1 amide bonds. The van der Waals surface area contributed by atoms with Crippen LogP contribution >= 0.6 is 15.9 Å². The van der Waals surface area contributed by atoms with Crippen LogP contribution in [0.2, 0.25) is 0 Å². The van der Waals surface area contributed by atoms with Gasteiger partial charge in [0, 0.05) is 10.0 Å². The number of carbonyl (C=O) groups is 1. The molecule has 0 aliphatic heterocycles. The molecule has 2 N–H and O–H groups in total. The number of anilines is 1. The number of hydrogen-bond acceptors (Lipinski definition) is 4. The molecule has 1 aromatic heterocycles. The van der Waals surface area contributed by atoms with Crippen LogP contribution in [-0.2, 0) is 17.6 Å². The van der Waals surface area contributed by atoms with Gasteiger partial charge in [0.15, 0.2) is 5.82 Å². The standard InChI is InChI=1S/C24H24BrN3O2/c25-19-9-5-17(6-10-19)14-23(30)28-24-21(13-16-3-1-2-4-16)27-22(15-26-24)18-7-11-20(29)12-8-18/h5-12,15-16,29H,1-4,13-14H2,(H,26,28,30). The van der Waals surface area contributed by atoms with Crippen molar-refractivity contribution in [3.63, 3.8) is 0 Å². The fourth-order valence-electron chi connectivity index (χ4n) is 3.90. The van der Waals surface area contributed by atoms with Gasteiger partial charge in [-0.2, -0.15) is 0 Å². The van der Waals surface area contributed by atoms with E-state index in [-0.39, 0.29) is 18.1 Å². The molecule has 154 valence electrons. The molecular weight excluding hydrogens is 442 g/mol. The summed E-state index contributed by atoms with van der Waals surface area (Å²) in [7, 11) is 0. The maximum Gasteiger partial charge on any atom is 0.229 e. The van der Waals surface area contributed by atoms with Crippen molar-refractivity contribution in [3.8, 4) is 17.0 Å². The van der Waals surface area contributed by atoms with Gasteiger partial charge >= 0.3 is 0 Å². The SMILES string of the molecule is O=C(Cc1ccc(Br)cc1)Nc1ncc(-c2ccc(O)cc2)nc1CC1CCCC1. The van der Waals surface area contributed by atoms with Crippen molar-refractivity contribution < 1.29 is 9.90 Å². The van der Waals surface area contributed by atoms with Gasteiger partial charge in [-0.15, -0.1) is 0 Å². The fourth-order valence-corrected chi connectivity index (χ4v) is 4.16. The molecule has 3 aromatic rings. The third-order valence-electron chi connectivity index (χ3n) is 5.50. The summed E-state index contributed by atoms with van der Waals surface area (Å²) >= 11 is 3.41. The van der Waals surface area contributed by atoms with Crippen molar-refractivity contribution >= 4 is 27.7 Å². The van der Waals surface area contributed by atoms with Crippen LogP contribution in [0, 0.1) is 5.92 Å². The van der Waals surface area contributed by atoms with Crippen molar-refractivity contribution in [1.29, 1.82) is 0 Å². The number of nitrogens with zero attached hydrogens (tertiary/aromatic N) is 2. The van der Waals surface area contributed by atoms with Gasteiger partial charge in [0.2, 0.25) is 5.91 Å². The highest BCUT2D eigenvalue weighted by Gasteiger charge is 2.20. The van der Waals surface area contributed by atoms with Crippen LogP contribution in [0.1, 0.15) is 36.9 Å². The second-order valence-corrected chi connectivity index (χ2v) is 8.72. The van der Waals surface area contributed by atoms with E-state index < -0.39 is 0 Å². The van der Waals surface area contributed by atoms with E-state index in [0.717, 1.165) is 33.4 Å². The second-order valence-electron chi connectivity index (χ2n) is 7.80. The lowest BCUT2D eigenvalue weighted by molar-refractivity contribution is -0.115. The fraction of sp³-hybridized carbons (Fsp3) is 0.292. The normalized spacial score (nSPS) is 14.0. The molecule has 6 heteroatoms. The minimum atomic E-state index is -0.100. The third kappa shape index (κ3) is 5.25. The summed E-state index contributed by atoms with van der Waals surface area (Å²) < 4.78 is 0.987. The number of amides is 1. The van der Waals surface area contributed by atoms with Crippen LogP contribution in [0.3, 0.4) is 0 Å². The Labute approximate surface area is 184 Å². The van der Waals surface area contributed by atoms with Gasteiger partial charge in [-0.25, -0.2) is 9.97 Å². The van der Waals surface area contributed by atoms with Crippen LogP contribution in [0.25, 0.3) is 11.3 Å². The van der Waals surface area contributed by atoms with Gasteiger partial charge in [0.1, 0.15) is 5.75 Å². The number of halogens is 1. The number of aromatic hydroxyl groups is 1. The molecular formula is C24H24BrN3O2. The molecule has 0 atom stereocenters. The highest BCUT2D eigenvalue weighted by molar-refractivity contribution is 9.10. The summed E-state index contributed by atoms with van der Waals surface area (Å²) in [6, 6.07) is 14.7. The molecule has 5 nitrogen and oxygen atoms in total. The number of phenolic OH excluding ortho intramolecular Hbond substituents is 1. The van der Waals surface area contributed by atoms with E-state index in [1.807, 2.05) is 36.4 Å². The first-order chi connectivity index (χ1) is 14.6. The zero-order chi connectivity index (χ0) is 20.9. The van der Waals surface area contributed by atoms with Crippen LogP contribution in [0.5, 0.6) is 5.75 Å². The van der Waals surface area contributed by atoms with Crippen molar-refractivity contribution in [2.75, 3.05) is 5.32 Å². The Hall–Kier alpha value is -2.73. The summed E-state index contributed by atoms with van der Waals surface area (Å²) in [5.74, 6) is 1.24. The molecule has 0 unspecified atom stereocenters. The third-order valence-corrected chi connectivity index (χ3v) is 6.03. The van der Waals surface area contributed by atoms with Gasteiger partial charge in [0.25, 0.3) is 0 Å². The van der Waals surface area contributed by atoms with Crippen molar-refractivity contribution in [2.24, 2.45) is 5.92 Å². The van der Waals surface area contributed by atoms with Crippen molar-refractivity contribution in [1.82, 2.24) is 9.97 Å². The molecule has 0 spiro atoms. The molecule has 0 radical (unpaired) electrons. The number of hydrogen-bond donors (Lipinski definition) is 2. The summed E-state index contributed by atoms with van der Waals surface area (Å²) in [6.07, 6.45) is 7.67. The van der Waals surface area contributed by atoms with E-state index in [9.17, 15) is 9.90 Å². The first kappa shape index (κ1) is 20.5. The van der Waals surface area contributed by atoms with E-state index in [0.29, 0.717) is 11.7 Å². The Balaban J connectivity index is 1.56. The number of aromatic nitrogens is 2. The van der Waals surface area contributed by atoms with Gasteiger partial charge in [-0.05, 0) is 54.3 Å². The quantitative estimate of drug-likeness (QED) is 0.501. The van der Waals surface area contributed by atoms with Gasteiger partial charge in [-0.1, -0.05) is 53.7 Å². The molecule has 1 aliphatic rings. The Bertz CT molecular complexity index is 1010. The Morgan fingerprint density at radius 3 is 2.47 bits per heavy atom. The highest BCUT2D eigenvalue weighted by Crippen LogP contribution is 2.30. The molecule has 30 heavy (non-hydrogen) atoms. The number of rotatable bonds is 6. The molecule has 4 rings (SSSR count). The molecule has 1 fully saturated rings. The highest BCUT2D eigenvalue weighted by atomic mass is 79.9. The average molecular weight is 466 g/mol. The van der Waals surface area contributed by atoms with Crippen LogP contribution in [0.15, 0.2) is 59.2 Å². The Morgan fingerprint density at radius 1 is 1.07 bits per heavy atom. The van der Waals surface area contributed by atoms with Crippen molar-refractivity contribution in [2.45, 2.75) is 38.5 Å². The predicted molar refractivity (Wildman–Crippen MR) is 121 cm³/mol. The molecule has 1 saturated carbocycles. The van der Waals surface area contributed by atoms with Crippen LogP contribution < -0.4 is 5.32 Å². The summed E-state index contributed by atoms with van der Waals surface area (Å²) in [5.41, 5.74) is 3.41. The first-order valence-corrected chi connectivity index (χ1v) is 11.1. The van der Waals surface area contributed by atoms with E-state index in [1.54, 1.807) is 18.3 Å². The number of nitrogens with one attached hydrogen (secondary N) is 1. The summed E-state index contributed by atoms with van der Waals surface area (Å²) in [5, 5.41) is 12.5.